The topological polar surface area (TPSA) is 111 Å². The summed E-state index contributed by atoms with van der Waals surface area (Å²) in [5, 5.41) is 0. The van der Waals surface area contributed by atoms with Crippen LogP contribution in [0.1, 0.15) is 249 Å². The zero-order valence-corrected chi connectivity index (χ0v) is 67.0. The van der Waals surface area contributed by atoms with Crippen LogP contribution in [0.4, 0.5) is 0 Å². The summed E-state index contributed by atoms with van der Waals surface area (Å²) in [5.74, 6) is 0. The molecule has 0 bridgehead atoms. The molecule has 1 aliphatic heterocycles. The summed E-state index contributed by atoms with van der Waals surface area (Å²) in [5.41, 5.74) is -7.78. The van der Waals surface area contributed by atoms with E-state index in [0.717, 1.165) is 0 Å². The van der Waals surface area contributed by atoms with Gasteiger partial charge in [0.1, 0.15) is 0 Å². The molecule has 12 nitrogen and oxygen atoms in total. The van der Waals surface area contributed by atoms with E-state index in [-0.39, 0.29) is 0 Å². The maximum absolute atomic E-state index is 7.43. The van der Waals surface area contributed by atoms with Gasteiger partial charge in [-0.1, -0.05) is 0 Å². The minimum absolute atomic E-state index is 0.649. The molecule has 0 aromatic rings. The fourth-order valence-corrected chi connectivity index (χ4v) is 722. The Kier molecular flexibility index (Phi) is 25.1. The van der Waals surface area contributed by atoms with Crippen LogP contribution in [-0.4, -0.2) is 125 Å². The van der Waals surface area contributed by atoms with Crippen molar-refractivity contribution in [2.45, 2.75) is 316 Å². The molecular weight excluding hydrogens is 1310 g/mol. The van der Waals surface area contributed by atoms with Gasteiger partial charge in [0.15, 0.2) is 0 Å². The van der Waals surface area contributed by atoms with Gasteiger partial charge in [0.05, 0.1) is 0 Å². The summed E-state index contributed by atoms with van der Waals surface area (Å²) in [4.78, 5) is 0. The van der Waals surface area contributed by atoms with Crippen molar-refractivity contribution in [3.63, 3.8) is 0 Å². The average Bonchev–Trinajstić information content (AvgIpc) is 2.82. The second-order valence-electron chi connectivity index (χ2n) is 30.2. The molecule has 1 rings (SSSR count). The van der Waals surface area contributed by atoms with Crippen LogP contribution >= 0.6 is 45.8 Å². The van der Waals surface area contributed by atoms with E-state index < -0.39 is 125 Å². The van der Waals surface area contributed by atoms with Gasteiger partial charge >= 0.3 is 473 Å². The van der Waals surface area contributed by atoms with E-state index in [1.165, 1.54) is 0 Å². The van der Waals surface area contributed by atoms with Crippen LogP contribution < -0.4 is 0 Å². The molecule has 0 N–H and O–H groups in total. The Hall–Kier alpha value is 4.08. The molecule has 1 heterocycles. The van der Waals surface area contributed by atoms with Gasteiger partial charge in [0.25, 0.3) is 0 Å². The Balaban J connectivity index is 5.15. The fraction of sp³-hybridized carbons (Fsp3) is 1.00. The molecule has 1 aliphatic rings. The van der Waals surface area contributed by atoms with Crippen molar-refractivity contribution in [1.29, 1.82) is 0 Å². The van der Waals surface area contributed by atoms with E-state index in [0.29, 0.717) is 0 Å². The number of hydrogen-bond donors (Lipinski definition) is 0. The van der Waals surface area contributed by atoms with Crippen molar-refractivity contribution in [1.82, 2.24) is 0 Å². The van der Waals surface area contributed by atoms with E-state index in [2.05, 4.69) is 262 Å². The maximum atomic E-state index is 7.43. The molecule has 0 aromatic heterocycles. The van der Waals surface area contributed by atoms with E-state index in [4.69, 9.17) is 53.1 Å². The van der Waals surface area contributed by atoms with E-state index in [9.17, 15) is 0 Å². The second kappa shape index (κ2) is 24.4. The summed E-state index contributed by atoms with van der Waals surface area (Å²) in [6.07, 6.45) is 4.20. The Morgan fingerprint density at radius 1 is 0.194 bits per heavy atom. The van der Waals surface area contributed by atoms with Gasteiger partial charge in [-0.2, -0.15) is 0 Å². The first-order valence-electron chi connectivity index (χ1n) is 25.3. The number of rotatable bonds is 20. The zero-order chi connectivity index (χ0) is 57.7. The molecular formula is C48H108O12S6Si4Sn2. The number of hydrogen-bond acceptors (Lipinski definition) is 18. The van der Waals surface area contributed by atoms with Crippen molar-refractivity contribution in [3.8, 4) is 0 Å². The van der Waals surface area contributed by atoms with Gasteiger partial charge in [0, 0.05) is 0 Å². The van der Waals surface area contributed by atoms with E-state index in [1.54, 1.807) is 0 Å². The molecule has 72 heavy (non-hydrogen) atoms. The van der Waals surface area contributed by atoms with Gasteiger partial charge in [0.2, 0.25) is 0 Å². The molecule has 1 fully saturated rings. The van der Waals surface area contributed by atoms with E-state index >= 15 is 0 Å². The zero-order valence-electron chi connectivity index (χ0n) is 52.3. The molecule has 0 radical (unpaired) electrons. The predicted molar refractivity (Wildman–Crippen MR) is 330 cm³/mol. The second-order valence-corrected chi connectivity index (χ2v) is 154. The SMILES string of the molecule is CC(C)(C)O[Si](OC(C)(C)C)(OC(C)(C)C)[S][Sn]1([S][Si](OC(C)(C)C)(OC(C)(C)C)OC(C)(C)C)[S][Sn]([S][Si](OC(C)(C)C)(OC(C)(C)C)OC(C)(C)C)([S][Si](OC(C)(C)C)(OC(C)(C)C)OC(C)(C)C)[S]1. The van der Waals surface area contributed by atoms with Crippen LogP contribution in [0.25, 0.3) is 0 Å². The molecule has 1 saturated heterocycles. The monoisotopic (exact) mass is 1420 g/mol. The van der Waals surface area contributed by atoms with Crippen molar-refractivity contribution in [2.24, 2.45) is 0 Å². The summed E-state index contributed by atoms with van der Waals surface area (Å²) >= 11 is -9.00. The molecule has 0 atom stereocenters. The first-order chi connectivity index (χ1) is 30.7. The predicted octanol–water partition coefficient (Wildman–Crippen LogP) is 16.8. The molecule has 24 heteroatoms. The van der Waals surface area contributed by atoms with Gasteiger partial charge in [-0.3, -0.25) is 0 Å². The molecule has 0 amide bonds. The van der Waals surface area contributed by atoms with Crippen molar-refractivity contribution < 1.29 is 53.1 Å². The standard InChI is InChI=1S/4C12H27O3SSi.2S.2Sn/c4*1-10(2,3)13-17(16,14-11(4,5)6)15-12(7,8)9;;;;/h4*1-9H3;;;;/q4*-1;;;2*+2. The average molecular weight is 1420 g/mol. The van der Waals surface area contributed by atoms with Crippen LogP contribution in [0.15, 0.2) is 0 Å². The Bertz CT molecular complexity index is 1330. The fourth-order valence-electron chi connectivity index (χ4n) is 6.13. The third-order valence-electron chi connectivity index (χ3n) is 6.67. The normalized spacial score (nSPS) is 18.2. The van der Waals surface area contributed by atoms with Crippen molar-refractivity contribution >= 4 is 103 Å². The Morgan fingerprint density at radius 2 is 0.278 bits per heavy atom. The first-order valence-corrected chi connectivity index (χ1v) is 68.0. The van der Waals surface area contributed by atoms with Gasteiger partial charge in [-0.15, -0.1) is 0 Å². The quantitative estimate of drug-likeness (QED) is 0.108. The summed E-state index contributed by atoms with van der Waals surface area (Å²) in [6, 6.07) is 0. The van der Waals surface area contributed by atoms with Crippen LogP contribution in [0, 0.1) is 0 Å². The van der Waals surface area contributed by atoms with Crippen LogP contribution in [0.5, 0.6) is 0 Å². The van der Waals surface area contributed by atoms with E-state index in [1.807, 2.05) is 33.6 Å². The molecule has 0 saturated carbocycles. The third kappa shape index (κ3) is 31.5. The van der Waals surface area contributed by atoms with Crippen LogP contribution in [0.3, 0.4) is 0 Å². The summed E-state index contributed by atoms with van der Waals surface area (Å²) in [7, 11) is -8.06. The Morgan fingerprint density at radius 3 is 0.347 bits per heavy atom. The van der Waals surface area contributed by atoms with Crippen LogP contribution in [-0.2, 0) is 53.1 Å². The van der Waals surface area contributed by atoms with Crippen molar-refractivity contribution in [2.75, 3.05) is 0 Å². The summed E-state index contributed by atoms with van der Waals surface area (Å²) in [6.45, 7) is 75.0. The van der Waals surface area contributed by atoms with Crippen LogP contribution in [0.2, 0.25) is 0 Å². The molecule has 0 aliphatic carbocycles. The van der Waals surface area contributed by atoms with Crippen molar-refractivity contribution in [3.05, 3.63) is 0 Å². The minimum atomic E-state index is -4.50. The molecule has 432 valence electrons. The molecule has 0 spiro atoms. The molecule has 0 aromatic carbocycles. The van der Waals surface area contributed by atoms with Gasteiger partial charge < -0.3 is 0 Å². The summed E-state index contributed by atoms with van der Waals surface area (Å²) < 4.78 is 89.2. The Labute approximate surface area is 467 Å². The first kappa shape index (κ1) is 74.1. The van der Waals surface area contributed by atoms with Gasteiger partial charge in [-0.25, -0.2) is 0 Å². The molecule has 0 unspecified atom stereocenters. The third-order valence-corrected chi connectivity index (χ3v) is 342. The van der Waals surface area contributed by atoms with Gasteiger partial charge in [-0.05, 0) is 0 Å².